The number of hydrogen-bond acceptors (Lipinski definition) is 7. The third kappa shape index (κ3) is 6.66. The minimum Gasteiger partial charge on any atom is -0.493 e. The quantitative estimate of drug-likeness (QED) is 0.352. The van der Waals surface area contributed by atoms with Crippen molar-refractivity contribution in [3.8, 4) is 28.7 Å². The van der Waals surface area contributed by atoms with Crippen LogP contribution < -0.4 is 18.9 Å². The van der Waals surface area contributed by atoms with E-state index in [9.17, 15) is 4.57 Å². The summed E-state index contributed by atoms with van der Waals surface area (Å²) in [6, 6.07) is 10.8. The van der Waals surface area contributed by atoms with Gasteiger partial charge < -0.3 is 28.0 Å². The van der Waals surface area contributed by atoms with Crippen molar-refractivity contribution >= 4 is 7.60 Å². The molecular weight excluding hydrogens is 407 g/mol. The first-order valence-corrected chi connectivity index (χ1v) is 11.7. The van der Waals surface area contributed by atoms with Crippen LogP contribution in [0, 0.1) is 0 Å². The molecule has 0 aliphatic rings. The third-order valence-electron chi connectivity index (χ3n) is 4.31. The maximum atomic E-state index is 12.8. The van der Waals surface area contributed by atoms with Crippen LogP contribution >= 0.6 is 7.60 Å². The molecule has 2 rings (SSSR count). The van der Waals surface area contributed by atoms with Gasteiger partial charge in [0.2, 0.25) is 5.75 Å². The fourth-order valence-corrected chi connectivity index (χ4v) is 4.61. The molecule has 0 aromatic heterocycles. The summed E-state index contributed by atoms with van der Waals surface area (Å²) >= 11 is 0. The maximum absolute atomic E-state index is 12.8. The van der Waals surface area contributed by atoms with Crippen LogP contribution in [0.1, 0.15) is 32.3 Å². The zero-order chi connectivity index (χ0) is 22.0. The Balaban J connectivity index is 2.15. The molecule has 0 saturated heterocycles. The number of benzene rings is 2. The molecule has 0 heterocycles. The van der Waals surface area contributed by atoms with Gasteiger partial charge in [0, 0.05) is 12.1 Å². The number of rotatable bonds is 13. The average molecular weight is 438 g/mol. The van der Waals surface area contributed by atoms with E-state index in [4.69, 9.17) is 28.0 Å². The Morgan fingerprint density at radius 2 is 1.57 bits per heavy atom. The lowest BCUT2D eigenvalue weighted by molar-refractivity contribution is 0.204. The SMILES string of the molecule is CCCCP(=O)(OCC)OCc1cccc(Oc2cc(OC)c(OC)c(OC)c2)c1. The van der Waals surface area contributed by atoms with Crippen LogP contribution in [0.5, 0.6) is 28.7 Å². The van der Waals surface area contributed by atoms with E-state index in [2.05, 4.69) is 0 Å². The zero-order valence-electron chi connectivity index (χ0n) is 18.3. The third-order valence-corrected chi connectivity index (χ3v) is 6.35. The van der Waals surface area contributed by atoms with Crippen molar-refractivity contribution in [1.82, 2.24) is 0 Å². The summed E-state index contributed by atoms with van der Waals surface area (Å²) in [7, 11) is 1.55. The predicted molar refractivity (Wildman–Crippen MR) is 116 cm³/mol. The summed E-state index contributed by atoms with van der Waals surface area (Å²) in [6.45, 7) is 4.38. The molecule has 0 N–H and O–H groups in total. The lowest BCUT2D eigenvalue weighted by Gasteiger charge is -2.18. The van der Waals surface area contributed by atoms with Crippen molar-refractivity contribution in [2.75, 3.05) is 34.1 Å². The van der Waals surface area contributed by atoms with Gasteiger partial charge >= 0.3 is 7.60 Å². The molecule has 30 heavy (non-hydrogen) atoms. The lowest BCUT2D eigenvalue weighted by atomic mass is 10.2. The second-order valence-electron chi connectivity index (χ2n) is 6.49. The van der Waals surface area contributed by atoms with E-state index >= 15 is 0 Å². The predicted octanol–water partition coefficient (Wildman–Crippen LogP) is 6.05. The molecule has 0 bridgehead atoms. The van der Waals surface area contributed by atoms with E-state index in [1.165, 1.54) is 0 Å². The average Bonchev–Trinajstić information content (AvgIpc) is 2.76. The fraction of sp³-hybridized carbons (Fsp3) is 0.455. The Hall–Kier alpha value is -2.21. The Morgan fingerprint density at radius 1 is 0.867 bits per heavy atom. The Labute approximate surface area is 178 Å². The van der Waals surface area contributed by atoms with E-state index in [1.54, 1.807) is 33.5 Å². The molecule has 0 fully saturated rings. The summed E-state index contributed by atoms with van der Waals surface area (Å²) in [4.78, 5) is 0. The number of methoxy groups -OCH3 is 3. The Kier molecular flexibility index (Phi) is 9.50. The zero-order valence-corrected chi connectivity index (χ0v) is 19.2. The summed E-state index contributed by atoms with van der Waals surface area (Å²) in [5.74, 6) is 2.63. The molecule has 1 atom stereocenters. The standard InChI is InChI=1S/C22H31O7P/c1-6-8-12-30(23,27-7-2)28-16-17-10-9-11-18(13-17)29-19-14-20(24-3)22(26-5)21(15-19)25-4/h9-11,13-15H,6-8,12,16H2,1-5H3. The maximum Gasteiger partial charge on any atom is 0.330 e. The van der Waals surface area contributed by atoms with Crippen LogP contribution in [-0.2, 0) is 20.2 Å². The minimum atomic E-state index is -3.10. The largest absolute Gasteiger partial charge is 0.493 e. The number of unbranched alkanes of at least 4 members (excludes halogenated alkanes) is 1. The van der Waals surface area contributed by atoms with Gasteiger partial charge in [-0.25, -0.2) is 0 Å². The molecule has 7 nitrogen and oxygen atoms in total. The molecular formula is C22H31O7P. The van der Waals surface area contributed by atoms with Crippen LogP contribution in [0.3, 0.4) is 0 Å². The van der Waals surface area contributed by atoms with E-state index in [0.717, 1.165) is 18.4 Å². The van der Waals surface area contributed by atoms with Gasteiger partial charge in [0.25, 0.3) is 0 Å². The van der Waals surface area contributed by atoms with Crippen LogP contribution in [-0.4, -0.2) is 34.1 Å². The highest BCUT2D eigenvalue weighted by molar-refractivity contribution is 7.53. The second kappa shape index (κ2) is 11.8. The molecule has 0 aliphatic carbocycles. The van der Waals surface area contributed by atoms with Crippen molar-refractivity contribution in [1.29, 1.82) is 0 Å². The van der Waals surface area contributed by atoms with Gasteiger partial charge in [0.05, 0.1) is 40.7 Å². The highest BCUT2D eigenvalue weighted by Crippen LogP contribution is 2.49. The smallest absolute Gasteiger partial charge is 0.330 e. The van der Waals surface area contributed by atoms with Crippen molar-refractivity contribution in [3.05, 3.63) is 42.0 Å². The van der Waals surface area contributed by atoms with Crippen molar-refractivity contribution in [2.45, 2.75) is 33.3 Å². The van der Waals surface area contributed by atoms with Crippen molar-refractivity contribution in [3.63, 3.8) is 0 Å². The highest BCUT2D eigenvalue weighted by atomic mass is 31.2. The first-order valence-electron chi connectivity index (χ1n) is 9.93. The number of ether oxygens (including phenoxy) is 4. The molecule has 2 aromatic rings. The highest BCUT2D eigenvalue weighted by Gasteiger charge is 2.23. The normalized spacial score (nSPS) is 12.8. The van der Waals surface area contributed by atoms with E-state index in [0.29, 0.717) is 41.5 Å². The van der Waals surface area contributed by atoms with E-state index in [-0.39, 0.29) is 6.61 Å². The molecule has 166 valence electrons. The van der Waals surface area contributed by atoms with E-state index in [1.807, 2.05) is 38.1 Å². The van der Waals surface area contributed by atoms with Crippen LogP contribution in [0.2, 0.25) is 0 Å². The van der Waals surface area contributed by atoms with E-state index < -0.39 is 7.60 Å². The van der Waals surface area contributed by atoms with Gasteiger partial charge in [-0.2, -0.15) is 0 Å². The molecule has 0 spiro atoms. The monoisotopic (exact) mass is 438 g/mol. The first-order chi connectivity index (χ1) is 14.5. The van der Waals surface area contributed by atoms with Crippen LogP contribution in [0.25, 0.3) is 0 Å². The summed E-state index contributed by atoms with van der Waals surface area (Å²) in [6.07, 6.45) is 2.14. The van der Waals surface area contributed by atoms with Crippen LogP contribution in [0.15, 0.2) is 36.4 Å². The molecule has 8 heteroatoms. The second-order valence-corrected chi connectivity index (χ2v) is 8.68. The molecule has 0 saturated carbocycles. The van der Waals surface area contributed by atoms with Crippen LogP contribution in [0.4, 0.5) is 0 Å². The number of hydrogen-bond donors (Lipinski definition) is 0. The summed E-state index contributed by atoms with van der Waals surface area (Å²) in [5.41, 5.74) is 0.830. The fourth-order valence-electron chi connectivity index (χ4n) is 2.84. The van der Waals surface area contributed by atoms with Gasteiger partial charge in [0.15, 0.2) is 11.5 Å². The molecule has 0 amide bonds. The van der Waals surface area contributed by atoms with Gasteiger partial charge in [-0.3, -0.25) is 4.57 Å². The first kappa shape index (κ1) is 24.1. The molecule has 2 aromatic carbocycles. The van der Waals surface area contributed by atoms with Gasteiger partial charge in [-0.05, 0) is 31.0 Å². The van der Waals surface area contributed by atoms with Gasteiger partial charge in [-0.15, -0.1) is 0 Å². The molecule has 1 unspecified atom stereocenters. The Morgan fingerprint density at radius 3 is 2.13 bits per heavy atom. The van der Waals surface area contributed by atoms with Crippen molar-refractivity contribution in [2.24, 2.45) is 0 Å². The van der Waals surface area contributed by atoms with Gasteiger partial charge in [-0.1, -0.05) is 25.5 Å². The molecule has 0 aliphatic heterocycles. The lowest BCUT2D eigenvalue weighted by Crippen LogP contribution is -2.01. The molecule has 0 radical (unpaired) electrons. The minimum absolute atomic E-state index is 0.174. The Bertz CT molecular complexity index is 828. The summed E-state index contributed by atoms with van der Waals surface area (Å²) < 4.78 is 45.9. The topological polar surface area (TPSA) is 72.5 Å². The summed E-state index contributed by atoms with van der Waals surface area (Å²) in [5, 5.41) is 0. The van der Waals surface area contributed by atoms with Gasteiger partial charge in [0.1, 0.15) is 11.5 Å². The van der Waals surface area contributed by atoms with Crippen molar-refractivity contribution < 1.29 is 32.6 Å².